The molecule has 0 unspecified atom stereocenters. The van der Waals surface area contributed by atoms with E-state index in [4.69, 9.17) is 10.7 Å². The first kappa shape index (κ1) is 15.4. The van der Waals surface area contributed by atoms with Gasteiger partial charge in [-0.3, -0.25) is 0 Å². The predicted molar refractivity (Wildman–Crippen MR) is 89.7 cm³/mol. The van der Waals surface area contributed by atoms with Gasteiger partial charge in [0.05, 0.1) is 0 Å². The Morgan fingerprint density at radius 2 is 0.700 bits per heavy atom. The fourth-order valence-electron chi connectivity index (χ4n) is 3.78. The first-order valence-corrected chi connectivity index (χ1v) is 10.9. The molecule has 118 valence electrons. The van der Waals surface area contributed by atoms with Gasteiger partial charge in [0.1, 0.15) is 0 Å². The summed E-state index contributed by atoms with van der Waals surface area (Å²) < 4.78 is 7.98. The Bertz CT molecular complexity index is 252. The maximum Gasteiger partial charge on any atom is 0.0148 e. The Morgan fingerprint density at radius 3 is 0.950 bits per heavy atom. The highest BCUT2D eigenvalue weighted by molar-refractivity contribution is 8.46. The summed E-state index contributed by atoms with van der Waals surface area (Å²) in [6, 6.07) is 0. The Labute approximate surface area is 130 Å². The lowest BCUT2D eigenvalue weighted by atomic mass is 10.2. The van der Waals surface area contributed by atoms with Gasteiger partial charge < -0.3 is 0 Å². The van der Waals surface area contributed by atoms with E-state index in [1.54, 1.807) is 0 Å². The molecule has 0 aromatic carbocycles. The molecule has 0 aromatic heterocycles. The smallest absolute Gasteiger partial charge is 0.0148 e. The van der Waals surface area contributed by atoms with Crippen molar-refractivity contribution in [3.05, 3.63) is 0 Å². The van der Waals surface area contributed by atoms with E-state index in [2.05, 4.69) is 12.9 Å². The monoisotopic (exact) mass is 319 g/mol. The van der Waals surface area contributed by atoms with E-state index < -0.39 is 9.80 Å². The summed E-state index contributed by atoms with van der Waals surface area (Å²) in [7, 11) is 6.06. The molecule has 3 fully saturated rings. The lowest BCUT2D eigenvalue weighted by Crippen LogP contribution is -2.50. The summed E-state index contributed by atoms with van der Waals surface area (Å²) in [5, 5.41) is 0. The molecule has 0 atom stereocenters. The van der Waals surface area contributed by atoms with E-state index in [1.165, 1.54) is 97.1 Å². The van der Waals surface area contributed by atoms with Crippen LogP contribution in [0.5, 0.6) is 0 Å². The fourth-order valence-corrected chi connectivity index (χ4v) is 8.17. The molecule has 0 saturated carbocycles. The highest BCUT2D eigenvalue weighted by Crippen LogP contribution is 2.64. The Balaban J connectivity index is 1.79. The molecular formula is C15H30ClN3S. The van der Waals surface area contributed by atoms with Crippen LogP contribution in [0, 0.1) is 0 Å². The van der Waals surface area contributed by atoms with Crippen LogP contribution in [0.25, 0.3) is 0 Å². The van der Waals surface area contributed by atoms with Crippen molar-refractivity contribution in [1.82, 2.24) is 12.9 Å². The number of hydrogen-bond acceptors (Lipinski definition) is 3. The quantitative estimate of drug-likeness (QED) is 0.773. The third-order valence-electron chi connectivity index (χ3n) is 4.93. The summed E-state index contributed by atoms with van der Waals surface area (Å²) in [6.07, 6.45) is 12.2. The lowest BCUT2D eigenvalue weighted by molar-refractivity contribution is 0.270. The zero-order chi connectivity index (χ0) is 13.8. The van der Waals surface area contributed by atoms with Crippen molar-refractivity contribution in [3.8, 4) is 0 Å². The van der Waals surface area contributed by atoms with Crippen molar-refractivity contribution in [1.29, 1.82) is 0 Å². The molecular weight excluding hydrogens is 290 g/mol. The van der Waals surface area contributed by atoms with Crippen molar-refractivity contribution in [2.75, 3.05) is 39.3 Å². The van der Waals surface area contributed by atoms with E-state index in [-0.39, 0.29) is 0 Å². The summed E-state index contributed by atoms with van der Waals surface area (Å²) >= 11 is 0. The Kier molecular flexibility index (Phi) is 5.54. The normalized spacial score (nSPS) is 29.4. The van der Waals surface area contributed by atoms with Crippen molar-refractivity contribution >= 4 is 20.5 Å². The van der Waals surface area contributed by atoms with E-state index in [0.29, 0.717) is 0 Å². The molecule has 0 radical (unpaired) electrons. The van der Waals surface area contributed by atoms with E-state index in [9.17, 15) is 0 Å². The number of hydrogen-bond donors (Lipinski definition) is 0. The molecule has 20 heavy (non-hydrogen) atoms. The van der Waals surface area contributed by atoms with Gasteiger partial charge in [-0.05, 0) is 49.2 Å². The third kappa shape index (κ3) is 3.14. The van der Waals surface area contributed by atoms with Crippen LogP contribution in [0.1, 0.15) is 57.8 Å². The van der Waals surface area contributed by atoms with Crippen LogP contribution in [0.15, 0.2) is 0 Å². The van der Waals surface area contributed by atoms with Gasteiger partial charge in [-0.15, -0.1) is 0 Å². The second kappa shape index (κ2) is 7.19. The van der Waals surface area contributed by atoms with Gasteiger partial charge in [-0.25, -0.2) is 12.9 Å². The molecule has 3 aliphatic rings. The molecule has 0 bridgehead atoms. The van der Waals surface area contributed by atoms with Crippen LogP contribution in [0.3, 0.4) is 0 Å². The van der Waals surface area contributed by atoms with Crippen molar-refractivity contribution in [2.45, 2.75) is 57.8 Å². The van der Waals surface area contributed by atoms with E-state index >= 15 is 0 Å². The number of rotatable bonds is 3. The SMILES string of the molecule is ClS(N1CCCCC1)(N1CCCCC1)N1CCCCC1. The van der Waals surface area contributed by atoms with Gasteiger partial charge in [0.25, 0.3) is 0 Å². The molecule has 3 heterocycles. The topological polar surface area (TPSA) is 9.72 Å². The van der Waals surface area contributed by atoms with Gasteiger partial charge in [0.2, 0.25) is 0 Å². The number of nitrogens with zero attached hydrogens (tertiary/aromatic N) is 3. The second-order valence-corrected chi connectivity index (χ2v) is 10.1. The van der Waals surface area contributed by atoms with E-state index in [0.717, 1.165) is 0 Å². The van der Waals surface area contributed by atoms with Crippen molar-refractivity contribution < 1.29 is 0 Å². The molecule has 3 saturated heterocycles. The maximum absolute atomic E-state index is 7.44. The molecule has 5 heteroatoms. The fraction of sp³-hybridized carbons (Fsp3) is 1.00. The molecule has 3 nitrogen and oxygen atoms in total. The summed E-state index contributed by atoms with van der Waals surface area (Å²) in [5.74, 6) is 0. The zero-order valence-corrected chi connectivity index (χ0v) is 14.3. The first-order chi connectivity index (χ1) is 9.82. The van der Waals surface area contributed by atoms with Crippen LogP contribution in [0.2, 0.25) is 0 Å². The van der Waals surface area contributed by atoms with E-state index in [1.807, 2.05) is 0 Å². The van der Waals surface area contributed by atoms with Crippen LogP contribution >= 0.6 is 20.5 Å². The number of halogens is 1. The van der Waals surface area contributed by atoms with Crippen molar-refractivity contribution in [3.63, 3.8) is 0 Å². The Hall–Kier alpha value is 0.520. The average Bonchev–Trinajstić information content (AvgIpc) is 2.56. The van der Waals surface area contributed by atoms with Crippen LogP contribution in [0.4, 0.5) is 0 Å². The molecule has 0 aromatic rings. The highest BCUT2D eigenvalue weighted by Gasteiger charge is 2.42. The highest BCUT2D eigenvalue weighted by atomic mass is 35.7. The van der Waals surface area contributed by atoms with Crippen LogP contribution in [-0.2, 0) is 0 Å². The van der Waals surface area contributed by atoms with Gasteiger partial charge in [-0.2, -0.15) is 0 Å². The standard InChI is InChI=1S/C15H30ClN3S/c16-20(17-10-4-1-5-11-17,18-12-6-2-7-13-18)19-14-8-3-9-15-19/h1-15H2. The van der Waals surface area contributed by atoms with Crippen LogP contribution < -0.4 is 0 Å². The van der Waals surface area contributed by atoms with Crippen molar-refractivity contribution in [2.24, 2.45) is 0 Å². The molecule has 3 rings (SSSR count). The minimum absolute atomic E-state index is 1.21. The predicted octanol–water partition coefficient (Wildman–Crippen LogP) is 4.15. The summed E-state index contributed by atoms with van der Waals surface area (Å²) in [4.78, 5) is 0. The summed E-state index contributed by atoms with van der Waals surface area (Å²) in [6.45, 7) is 7.28. The third-order valence-corrected chi connectivity index (χ3v) is 9.75. The molecule has 0 amide bonds. The molecule has 0 spiro atoms. The minimum Gasteiger partial charge on any atom is -0.232 e. The minimum atomic E-state index is -1.37. The maximum atomic E-state index is 7.44. The summed E-state index contributed by atoms with van der Waals surface area (Å²) in [5.41, 5.74) is 0. The molecule has 0 aliphatic carbocycles. The van der Waals surface area contributed by atoms with Gasteiger partial charge in [-0.1, -0.05) is 19.3 Å². The largest absolute Gasteiger partial charge is 0.232 e. The zero-order valence-electron chi connectivity index (χ0n) is 12.7. The lowest BCUT2D eigenvalue weighted by Gasteiger charge is -2.58. The first-order valence-electron chi connectivity index (χ1n) is 8.60. The van der Waals surface area contributed by atoms with Gasteiger partial charge in [0.15, 0.2) is 0 Å². The molecule has 3 aliphatic heterocycles. The Morgan fingerprint density at radius 1 is 0.450 bits per heavy atom. The average molecular weight is 320 g/mol. The molecule has 0 N–H and O–H groups in total. The number of piperidine rings is 3. The second-order valence-electron chi connectivity index (χ2n) is 6.42. The van der Waals surface area contributed by atoms with Gasteiger partial charge in [0, 0.05) is 49.1 Å². The van der Waals surface area contributed by atoms with Crippen LogP contribution in [-0.4, -0.2) is 52.2 Å². The van der Waals surface area contributed by atoms with Gasteiger partial charge >= 0.3 is 0 Å².